The number of rotatable bonds is 4. The highest BCUT2D eigenvalue weighted by atomic mass is 16.5. The summed E-state index contributed by atoms with van der Waals surface area (Å²) in [7, 11) is 2.98. The van der Waals surface area contributed by atoms with E-state index in [1.54, 1.807) is 0 Å². The van der Waals surface area contributed by atoms with Crippen LogP contribution in [0.2, 0.25) is 0 Å². The van der Waals surface area contributed by atoms with Crippen molar-refractivity contribution in [3.63, 3.8) is 0 Å². The topological polar surface area (TPSA) is 80.6 Å². The van der Waals surface area contributed by atoms with Crippen molar-refractivity contribution in [1.82, 2.24) is 15.0 Å². The second-order valence-electron chi connectivity index (χ2n) is 3.56. The highest BCUT2D eigenvalue weighted by Crippen LogP contribution is 2.23. The number of anilines is 1. The summed E-state index contributed by atoms with van der Waals surface area (Å²) >= 11 is 0. The van der Waals surface area contributed by atoms with Crippen molar-refractivity contribution in [3.05, 3.63) is 0 Å². The van der Waals surface area contributed by atoms with Crippen molar-refractivity contribution in [2.75, 3.05) is 38.8 Å². The lowest BCUT2D eigenvalue weighted by molar-refractivity contribution is 0.199. The fourth-order valence-electron chi connectivity index (χ4n) is 1.50. The first-order chi connectivity index (χ1) is 7.76. The zero-order valence-corrected chi connectivity index (χ0v) is 9.25. The van der Waals surface area contributed by atoms with Crippen LogP contribution in [0.15, 0.2) is 0 Å². The zero-order valence-electron chi connectivity index (χ0n) is 9.25. The fraction of sp³-hybridized carbons (Fsp3) is 0.667. The molecule has 1 N–H and O–H groups in total. The molecule has 0 saturated carbocycles. The Morgan fingerprint density at radius 3 is 2.19 bits per heavy atom. The maximum absolute atomic E-state index is 8.92. The zero-order chi connectivity index (χ0) is 11.5. The molecule has 1 saturated heterocycles. The van der Waals surface area contributed by atoms with Crippen molar-refractivity contribution in [2.24, 2.45) is 5.92 Å². The van der Waals surface area contributed by atoms with E-state index in [-0.39, 0.29) is 18.6 Å². The minimum Gasteiger partial charge on any atom is -0.467 e. The lowest BCUT2D eigenvalue weighted by Crippen LogP contribution is -2.49. The van der Waals surface area contributed by atoms with Crippen molar-refractivity contribution < 1.29 is 14.6 Å². The molecule has 0 unspecified atom stereocenters. The number of hydrogen-bond donors (Lipinski definition) is 1. The molecular weight excluding hydrogens is 212 g/mol. The van der Waals surface area contributed by atoms with Gasteiger partial charge in [-0.15, -0.1) is 4.98 Å². The third-order valence-electron chi connectivity index (χ3n) is 2.45. The molecule has 0 atom stereocenters. The summed E-state index contributed by atoms with van der Waals surface area (Å²) in [6.07, 6.45) is 0. The Hall–Kier alpha value is -1.63. The number of ether oxygens (including phenoxy) is 2. The van der Waals surface area contributed by atoms with Crippen LogP contribution in [0, 0.1) is 5.92 Å². The van der Waals surface area contributed by atoms with Gasteiger partial charge in [-0.3, -0.25) is 0 Å². The van der Waals surface area contributed by atoms with Gasteiger partial charge in [0.15, 0.2) is 0 Å². The van der Waals surface area contributed by atoms with Crippen LogP contribution in [-0.4, -0.2) is 54.0 Å². The summed E-state index contributed by atoms with van der Waals surface area (Å²) in [6.45, 7) is 1.68. The van der Waals surface area contributed by atoms with Crippen LogP contribution in [-0.2, 0) is 0 Å². The lowest BCUT2D eigenvalue weighted by atomic mass is 10.0. The predicted octanol–water partition coefficient (Wildman–Crippen LogP) is -0.683. The summed E-state index contributed by atoms with van der Waals surface area (Å²) in [5.41, 5.74) is 0. The maximum atomic E-state index is 8.92. The van der Waals surface area contributed by atoms with Crippen LogP contribution in [0.5, 0.6) is 12.0 Å². The highest BCUT2D eigenvalue weighted by Gasteiger charge is 2.29. The summed E-state index contributed by atoms with van der Waals surface area (Å²) in [6, 6.07) is 0.462. The van der Waals surface area contributed by atoms with Crippen molar-refractivity contribution in [2.45, 2.75) is 0 Å². The molecular formula is C9H14N4O3. The number of nitrogens with zero attached hydrogens (tertiary/aromatic N) is 4. The van der Waals surface area contributed by atoms with Gasteiger partial charge in [0.1, 0.15) is 0 Å². The second-order valence-corrected chi connectivity index (χ2v) is 3.56. The van der Waals surface area contributed by atoms with Gasteiger partial charge in [-0.05, 0) is 0 Å². The van der Waals surface area contributed by atoms with Crippen LogP contribution < -0.4 is 14.4 Å². The molecule has 1 aliphatic heterocycles. The molecule has 1 aliphatic rings. The molecule has 0 radical (unpaired) electrons. The SMILES string of the molecule is COc1nc(OC)nc(N2CC(CO)C2)n1. The Labute approximate surface area is 93.1 Å². The predicted molar refractivity (Wildman–Crippen MR) is 55.7 cm³/mol. The molecule has 7 nitrogen and oxygen atoms in total. The average Bonchev–Trinajstić information content (AvgIpc) is 2.27. The molecule has 7 heteroatoms. The van der Waals surface area contributed by atoms with E-state index in [1.807, 2.05) is 4.90 Å². The smallest absolute Gasteiger partial charge is 0.324 e. The largest absolute Gasteiger partial charge is 0.467 e. The molecule has 1 aromatic heterocycles. The number of hydrogen-bond acceptors (Lipinski definition) is 7. The van der Waals surface area contributed by atoms with E-state index >= 15 is 0 Å². The molecule has 88 valence electrons. The Balaban J connectivity index is 2.14. The van der Waals surface area contributed by atoms with Crippen LogP contribution in [0.25, 0.3) is 0 Å². The van der Waals surface area contributed by atoms with E-state index in [4.69, 9.17) is 14.6 Å². The van der Waals surface area contributed by atoms with Gasteiger partial charge in [0, 0.05) is 25.6 Å². The van der Waals surface area contributed by atoms with E-state index in [1.165, 1.54) is 14.2 Å². The summed E-state index contributed by atoms with van der Waals surface area (Å²) in [5, 5.41) is 8.92. The van der Waals surface area contributed by atoms with Gasteiger partial charge in [0.05, 0.1) is 14.2 Å². The molecule has 2 rings (SSSR count). The lowest BCUT2D eigenvalue weighted by Gasteiger charge is -2.38. The van der Waals surface area contributed by atoms with Gasteiger partial charge >= 0.3 is 12.0 Å². The molecule has 0 amide bonds. The Morgan fingerprint density at radius 2 is 1.75 bits per heavy atom. The summed E-state index contributed by atoms with van der Waals surface area (Å²) < 4.78 is 9.90. The standard InChI is InChI=1S/C9H14N4O3/c1-15-8-10-7(11-9(12-8)16-2)13-3-6(4-13)5-14/h6,14H,3-5H2,1-2H3. The first kappa shape index (κ1) is 10.9. The third kappa shape index (κ3) is 1.99. The molecule has 0 spiro atoms. The minimum absolute atomic E-state index is 0.190. The average molecular weight is 226 g/mol. The Morgan fingerprint density at radius 1 is 1.19 bits per heavy atom. The number of aliphatic hydroxyl groups excluding tert-OH is 1. The van der Waals surface area contributed by atoms with Gasteiger partial charge in [-0.25, -0.2) is 0 Å². The molecule has 2 heterocycles. The number of aliphatic hydroxyl groups is 1. The van der Waals surface area contributed by atoms with Gasteiger partial charge in [0.25, 0.3) is 0 Å². The first-order valence-electron chi connectivity index (χ1n) is 4.96. The summed E-state index contributed by atoms with van der Waals surface area (Å²) in [5.74, 6) is 0.821. The van der Waals surface area contributed by atoms with Crippen molar-refractivity contribution in [1.29, 1.82) is 0 Å². The van der Waals surface area contributed by atoms with E-state index < -0.39 is 0 Å². The van der Waals surface area contributed by atoms with Gasteiger partial charge in [0.2, 0.25) is 5.95 Å². The summed E-state index contributed by atoms with van der Waals surface area (Å²) in [4.78, 5) is 14.1. The van der Waals surface area contributed by atoms with E-state index in [2.05, 4.69) is 15.0 Å². The number of methoxy groups -OCH3 is 2. The first-order valence-corrected chi connectivity index (χ1v) is 4.96. The Bertz CT molecular complexity index is 346. The van der Waals surface area contributed by atoms with Crippen LogP contribution in [0.1, 0.15) is 0 Å². The molecule has 16 heavy (non-hydrogen) atoms. The highest BCUT2D eigenvalue weighted by molar-refractivity contribution is 5.35. The van der Waals surface area contributed by atoms with Crippen molar-refractivity contribution in [3.8, 4) is 12.0 Å². The molecule has 0 aromatic carbocycles. The molecule has 0 bridgehead atoms. The van der Waals surface area contributed by atoms with Crippen molar-refractivity contribution >= 4 is 5.95 Å². The maximum Gasteiger partial charge on any atom is 0.324 e. The van der Waals surface area contributed by atoms with Gasteiger partial charge in [-0.1, -0.05) is 0 Å². The van der Waals surface area contributed by atoms with Gasteiger partial charge < -0.3 is 19.5 Å². The van der Waals surface area contributed by atoms with Crippen LogP contribution >= 0.6 is 0 Å². The Kier molecular flexibility index (Phi) is 3.04. The van der Waals surface area contributed by atoms with Crippen LogP contribution in [0.3, 0.4) is 0 Å². The quantitative estimate of drug-likeness (QED) is 0.728. The minimum atomic E-state index is 0.190. The van der Waals surface area contributed by atoms with E-state index in [0.717, 1.165) is 13.1 Å². The van der Waals surface area contributed by atoms with Gasteiger partial charge in [-0.2, -0.15) is 9.97 Å². The molecule has 0 aliphatic carbocycles. The van der Waals surface area contributed by atoms with E-state index in [0.29, 0.717) is 11.9 Å². The second kappa shape index (κ2) is 4.48. The molecule has 1 fully saturated rings. The normalized spacial score (nSPS) is 15.8. The fourth-order valence-corrected chi connectivity index (χ4v) is 1.50. The van der Waals surface area contributed by atoms with Crippen LogP contribution in [0.4, 0.5) is 5.95 Å². The van der Waals surface area contributed by atoms with E-state index in [9.17, 15) is 0 Å². The monoisotopic (exact) mass is 226 g/mol. The molecule has 1 aromatic rings. The number of aromatic nitrogens is 3. The third-order valence-corrected chi connectivity index (χ3v) is 2.45.